The number of aliphatic hydroxyl groups is 9. The quantitative estimate of drug-likeness (QED) is 0.149. The highest BCUT2D eigenvalue weighted by Crippen LogP contribution is 2.71. The van der Waals surface area contributed by atoms with Crippen molar-refractivity contribution in [2.24, 2.45) is 52.3 Å². The Hall–Kier alpha value is -0.680. The molecule has 356 valence electrons. The molecule has 5 heterocycles. The van der Waals surface area contributed by atoms with Crippen molar-refractivity contribution in [3.63, 3.8) is 0 Å². The van der Waals surface area contributed by atoms with Crippen molar-refractivity contribution in [3.8, 4) is 0 Å². The van der Waals surface area contributed by atoms with E-state index in [1.807, 2.05) is 0 Å². The number of hydrogen-bond donors (Lipinski definition) is 9. The summed E-state index contributed by atoms with van der Waals surface area (Å²) in [7, 11) is 0. The van der Waals surface area contributed by atoms with E-state index in [0.29, 0.717) is 47.8 Å². The fourth-order valence-electron chi connectivity index (χ4n) is 14.6. The maximum absolute atomic E-state index is 12.0. The SMILES string of the molecule is C[C@H]1CC[C@@]2(OC1)O[C@@H]1C[C@H]3[C@H]4CC[C@@H]5C[C@@H](O[C@@H]6O[C@H](CO)[C@@H](O[C@@H]7O[C@H](CO)[C@@H](O)[C@H](O)[C@H]7O)[C@H](O)[C@@H]6O[C@@H]6O[C@@H](C)[C@H](O)[C@@H](O)[C@H]6O)CC[C@]5(C)[C@H]4CC[C@]3(C)[C@H]1[C@@H]2C. The molecule has 1 spiro atoms. The molecule has 4 aliphatic carbocycles. The van der Waals surface area contributed by atoms with E-state index in [2.05, 4.69) is 27.7 Å². The van der Waals surface area contributed by atoms with Crippen LogP contribution in [0.3, 0.4) is 0 Å². The number of rotatable bonds is 8. The molecule has 0 unspecified atom stereocenters. The molecular formula is C45H74O17. The standard InChI is InChI=1S/C45H74O17/c1-19-8-13-45(55-18-19)20(2)30-27(62-45)15-26-24-7-6-22-14-23(9-11-43(22,4)25(24)10-12-44(26,30)5)57-42-39(61-40-35(52)33(50)31(48)21(3)56-40)37(54)38(29(17-47)59-42)60-41-36(53)34(51)32(49)28(16-46)58-41/h19-42,46-54H,6-18H2,1-5H3/t19-,20-,21-,22+,23-,24-,25-,26-,27+,28+,29+,30-,31-,32+,33+,34-,35+,36+,37-,38+,39-,40-,41-,42+,43-,44-,45+/m0/s1. The zero-order chi connectivity index (χ0) is 44.2. The number of fused-ring (bicyclic) bond motifs is 7. The Morgan fingerprint density at radius 2 is 1.24 bits per heavy atom. The van der Waals surface area contributed by atoms with Crippen molar-refractivity contribution in [1.82, 2.24) is 0 Å². The molecule has 27 atom stereocenters. The number of ether oxygens (including phenoxy) is 8. The van der Waals surface area contributed by atoms with Crippen molar-refractivity contribution in [2.45, 2.75) is 209 Å². The minimum atomic E-state index is -1.81. The molecule has 0 amide bonds. The van der Waals surface area contributed by atoms with E-state index in [1.54, 1.807) is 0 Å². The maximum Gasteiger partial charge on any atom is 0.187 e. The van der Waals surface area contributed by atoms with Gasteiger partial charge in [0.2, 0.25) is 0 Å². The van der Waals surface area contributed by atoms with E-state index < -0.39 is 111 Å². The van der Waals surface area contributed by atoms with Crippen LogP contribution in [0.25, 0.3) is 0 Å². The van der Waals surface area contributed by atoms with Gasteiger partial charge in [0.05, 0.1) is 38.1 Å². The minimum Gasteiger partial charge on any atom is -0.394 e. The second kappa shape index (κ2) is 17.4. The second-order valence-electron chi connectivity index (χ2n) is 21.5. The van der Waals surface area contributed by atoms with Gasteiger partial charge in [0.15, 0.2) is 24.7 Å². The van der Waals surface area contributed by atoms with Crippen LogP contribution in [0.1, 0.15) is 98.8 Å². The van der Waals surface area contributed by atoms with Gasteiger partial charge in [-0.2, -0.15) is 0 Å². The summed E-state index contributed by atoms with van der Waals surface area (Å²) in [6, 6.07) is 0. The molecule has 0 aromatic rings. The topological polar surface area (TPSA) is 256 Å². The third kappa shape index (κ3) is 7.56. The normalized spacial score (nSPS) is 58.9. The van der Waals surface area contributed by atoms with Crippen LogP contribution in [-0.2, 0) is 37.9 Å². The first-order valence-corrected chi connectivity index (χ1v) is 23.7. The Bertz CT molecular complexity index is 1550. The second-order valence-corrected chi connectivity index (χ2v) is 21.5. The van der Waals surface area contributed by atoms with Crippen LogP contribution < -0.4 is 0 Å². The van der Waals surface area contributed by atoms with Crippen molar-refractivity contribution in [1.29, 1.82) is 0 Å². The van der Waals surface area contributed by atoms with Crippen molar-refractivity contribution in [2.75, 3.05) is 19.8 Å². The highest BCUT2D eigenvalue weighted by atomic mass is 16.8. The first-order chi connectivity index (χ1) is 29.4. The molecule has 17 nitrogen and oxygen atoms in total. The molecule has 0 bridgehead atoms. The van der Waals surface area contributed by atoms with E-state index in [1.165, 1.54) is 19.8 Å². The summed E-state index contributed by atoms with van der Waals surface area (Å²) in [4.78, 5) is 0. The third-order valence-electron chi connectivity index (χ3n) is 18.2. The van der Waals surface area contributed by atoms with E-state index >= 15 is 0 Å². The highest BCUT2D eigenvalue weighted by molar-refractivity contribution is 5.15. The first-order valence-electron chi connectivity index (χ1n) is 23.7. The van der Waals surface area contributed by atoms with Gasteiger partial charge in [-0.25, -0.2) is 0 Å². The molecule has 9 rings (SSSR count). The predicted octanol–water partition coefficient (Wildman–Crippen LogP) is 0.294. The zero-order valence-electron chi connectivity index (χ0n) is 36.8. The Labute approximate surface area is 364 Å². The smallest absolute Gasteiger partial charge is 0.187 e. The average Bonchev–Trinajstić information content (AvgIpc) is 3.70. The predicted molar refractivity (Wildman–Crippen MR) is 214 cm³/mol. The summed E-state index contributed by atoms with van der Waals surface area (Å²) < 4.78 is 50.0. The molecular weight excluding hydrogens is 812 g/mol. The van der Waals surface area contributed by atoms with Crippen LogP contribution in [0, 0.1) is 52.3 Å². The van der Waals surface area contributed by atoms with Gasteiger partial charge in [-0.15, -0.1) is 0 Å². The van der Waals surface area contributed by atoms with Crippen LogP contribution in [-0.4, -0.2) is 176 Å². The Morgan fingerprint density at radius 1 is 0.581 bits per heavy atom. The van der Waals surface area contributed by atoms with Gasteiger partial charge in [0, 0.05) is 12.3 Å². The molecule has 9 fully saturated rings. The third-order valence-corrected chi connectivity index (χ3v) is 18.2. The zero-order valence-corrected chi connectivity index (χ0v) is 36.8. The fraction of sp³-hybridized carbons (Fsp3) is 1.00. The molecule has 0 aromatic heterocycles. The first kappa shape index (κ1) is 46.4. The average molecular weight is 887 g/mol. The van der Waals surface area contributed by atoms with Crippen LogP contribution in [0.5, 0.6) is 0 Å². The van der Waals surface area contributed by atoms with Crippen molar-refractivity contribution >= 4 is 0 Å². The summed E-state index contributed by atoms with van der Waals surface area (Å²) in [5.74, 6) is 3.18. The van der Waals surface area contributed by atoms with Crippen molar-refractivity contribution < 1.29 is 83.9 Å². The lowest BCUT2D eigenvalue weighted by molar-refractivity contribution is -0.390. The van der Waals surface area contributed by atoms with E-state index in [-0.39, 0.29) is 23.0 Å². The highest BCUT2D eigenvalue weighted by Gasteiger charge is 2.69. The summed E-state index contributed by atoms with van der Waals surface area (Å²) in [6.07, 6.45) is -12.6. The summed E-state index contributed by atoms with van der Waals surface area (Å²) in [5.41, 5.74) is 0.320. The minimum absolute atomic E-state index is 0.103. The van der Waals surface area contributed by atoms with Crippen LogP contribution >= 0.6 is 0 Å². The van der Waals surface area contributed by atoms with Crippen LogP contribution in [0.15, 0.2) is 0 Å². The molecule has 62 heavy (non-hydrogen) atoms. The van der Waals surface area contributed by atoms with E-state index in [9.17, 15) is 46.0 Å². The van der Waals surface area contributed by atoms with Gasteiger partial charge < -0.3 is 83.9 Å². The molecule has 0 radical (unpaired) electrons. The maximum atomic E-state index is 12.0. The molecule has 9 N–H and O–H groups in total. The van der Waals surface area contributed by atoms with E-state index in [0.717, 1.165) is 51.6 Å². The molecule has 17 heteroatoms. The fourth-order valence-corrected chi connectivity index (χ4v) is 14.6. The van der Waals surface area contributed by atoms with Gasteiger partial charge in [-0.05, 0) is 111 Å². The van der Waals surface area contributed by atoms with Gasteiger partial charge >= 0.3 is 0 Å². The molecule has 5 aliphatic heterocycles. The number of aliphatic hydroxyl groups excluding tert-OH is 9. The van der Waals surface area contributed by atoms with E-state index in [4.69, 9.17) is 37.9 Å². The molecule has 0 aromatic carbocycles. The molecule has 4 saturated carbocycles. The Morgan fingerprint density at radius 3 is 1.94 bits per heavy atom. The summed E-state index contributed by atoms with van der Waals surface area (Å²) in [6.45, 7) is 10.6. The van der Waals surface area contributed by atoms with Crippen LogP contribution in [0.4, 0.5) is 0 Å². The Balaban J connectivity index is 0.899. The summed E-state index contributed by atoms with van der Waals surface area (Å²) >= 11 is 0. The van der Waals surface area contributed by atoms with Gasteiger partial charge in [-0.1, -0.05) is 27.7 Å². The van der Waals surface area contributed by atoms with Gasteiger partial charge in [0.1, 0.15) is 67.1 Å². The molecule has 9 aliphatic rings. The van der Waals surface area contributed by atoms with Gasteiger partial charge in [-0.3, -0.25) is 0 Å². The largest absolute Gasteiger partial charge is 0.394 e. The lowest BCUT2D eigenvalue weighted by Gasteiger charge is -2.61. The monoisotopic (exact) mass is 886 g/mol. The number of hydrogen-bond acceptors (Lipinski definition) is 17. The molecule has 5 saturated heterocycles. The Kier molecular flexibility index (Phi) is 13.1. The van der Waals surface area contributed by atoms with Gasteiger partial charge in [0.25, 0.3) is 0 Å². The lowest BCUT2D eigenvalue weighted by Crippen LogP contribution is -2.67. The van der Waals surface area contributed by atoms with Crippen molar-refractivity contribution in [3.05, 3.63) is 0 Å². The van der Waals surface area contributed by atoms with Crippen LogP contribution in [0.2, 0.25) is 0 Å². The lowest BCUT2D eigenvalue weighted by atomic mass is 9.44. The summed E-state index contributed by atoms with van der Waals surface area (Å²) in [5, 5.41) is 95.8.